The van der Waals surface area contributed by atoms with E-state index in [-0.39, 0.29) is 0 Å². The van der Waals surface area contributed by atoms with Gasteiger partial charge in [-0.15, -0.1) is 0 Å². The Labute approximate surface area is 96.8 Å². The van der Waals surface area contributed by atoms with E-state index in [4.69, 9.17) is 0 Å². The smallest absolute Gasteiger partial charge is 0.0412 e. The van der Waals surface area contributed by atoms with E-state index in [1.54, 1.807) is 0 Å². The number of hydrogen-bond donors (Lipinski definition) is 0. The molecule has 0 heterocycles. The molecule has 1 rings (SSSR count). The van der Waals surface area contributed by atoms with Crippen molar-refractivity contribution in [1.82, 2.24) is 0 Å². The van der Waals surface area contributed by atoms with Crippen LogP contribution in [0.1, 0.15) is 78.6 Å². The molecule has 0 radical (unpaired) electrons. The van der Waals surface area contributed by atoms with Crippen LogP contribution in [0.2, 0.25) is 0 Å². The first-order chi connectivity index (χ1) is 7.22. The van der Waals surface area contributed by atoms with Crippen LogP contribution in [0.15, 0.2) is 0 Å². The third-order valence-corrected chi connectivity index (χ3v) is 4.14. The molecule has 0 aromatic carbocycles. The summed E-state index contributed by atoms with van der Waals surface area (Å²) < 4.78 is 0. The monoisotopic (exact) mass is 210 g/mol. The summed E-state index contributed by atoms with van der Waals surface area (Å²) in [5.41, 5.74) is 0. The van der Waals surface area contributed by atoms with E-state index < -0.39 is 0 Å². The van der Waals surface area contributed by atoms with Crippen molar-refractivity contribution >= 4 is 0 Å². The fourth-order valence-corrected chi connectivity index (χ4v) is 3.15. The quantitative estimate of drug-likeness (QED) is 0.581. The van der Waals surface area contributed by atoms with Crippen LogP contribution < -0.4 is 0 Å². The van der Waals surface area contributed by atoms with E-state index in [0.717, 1.165) is 17.8 Å². The van der Waals surface area contributed by atoms with Gasteiger partial charge in [-0.3, -0.25) is 0 Å². The molecule has 1 fully saturated rings. The minimum Gasteiger partial charge on any atom is -0.0654 e. The maximum atomic E-state index is 2.45. The van der Waals surface area contributed by atoms with Gasteiger partial charge in [0.2, 0.25) is 0 Å². The second kappa shape index (κ2) is 7.30. The Bertz CT molecular complexity index is 150. The SMILES string of the molecule is CCCC(C)CC1CCCCC(C)CC1. The third-order valence-electron chi connectivity index (χ3n) is 4.14. The molecular weight excluding hydrogens is 180 g/mol. The normalized spacial score (nSPS) is 30.6. The Kier molecular flexibility index (Phi) is 6.36. The average molecular weight is 210 g/mol. The van der Waals surface area contributed by atoms with Gasteiger partial charge in [0.15, 0.2) is 0 Å². The highest BCUT2D eigenvalue weighted by Gasteiger charge is 2.16. The van der Waals surface area contributed by atoms with Crippen molar-refractivity contribution in [2.75, 3.05) is 0 Å². The van der Waals surface area contributed by atoms with Crippen molar-refractivity contribution in [3.63, 3.8) is 0 Å². The average Bonchev–Trinajstić information content (AvgIpc) is 2.17. The third kappa shape index (κ3) is 5.58. The lowest BCUT2D eigenvalue weighted by Crippen LogP contribution is -2.11. The van der Waals surface area contributed by atoms with Crippen LogP contribution in [0.3, 0.4) is 0 Å². The Morgan fingerprint density at radius 2 is 1.80 bits per heavy atom. The number of hydrogen-bond acceptors (Lipinski definition) is 0. The molecule has 0 heteroatoms. The summed E-state index contributed by atoms with van der Waals surface area (Å²) in [5.74, 6) is 3.01. The first-order valence-corrected chi connectivity index (χ1v) is 7.22. The van der Waals surface area contributed by atoms with Gasteiger partial charge in [-0.2, -0.15) is 0 Å². The van der Waals surface area contributed by atoms with Gasteiger partial charge in [0, 0.05) is 0 Å². The first kappa shape index (κ1) is 13.1. The van der Waals surface area contributed by atoms with E-state index in [9.17, 15) is 0 Å². The fraction of sp³-hybridized carbons (Fsp3) is 1.00. The molecule has 0 aromatic rings. The molecule has 0 N–H and O–H groups in total. The molecule has 1 aliphatic carbocycles. The van der Waals surface area contributed by atoms with Crippen LogP contribution in [0.25, 0.3) is 0 Å². The van der Waals surface area contributed by atoms with E-state index in [1.165, 1.54) is 57.8 Å². The topological polar surface area (TPSA) is 0 Å². The maximum absolute atomic E-state index is 2.45. The van der Waals surface area contributed by atoms with Crippen molar-refractivity contribution in [2.24, 2.45) is 17.8 Å². The standard InChI is InChI=1S/C15H30/c1-4-7-14(3)12-15-9-6-5-8-13(2)10-11-15/h13-15H,4-12H2,1-3H3. The van der Waals surface area contributed by atoms with Crippen LogP contribution in [0.5, 0.6) is 0 Å². The molecule has 1 saturated carbocycles. The summed E-state index contributed by atoms with van der Waals surface area (Å²) in [7, 11) is 0. The highest BCUT2D eigenvalue weighted by Crippen LogP contribution is 2.30. The summed E-state index contributed by atoms with van der Waals surface area (Å²) in [6.45, 7) is 7.21. The van der Waals surface area contributed by atoms with Crippen LogP contribution >= 0.6 is 0 Å². The van der Waals surface area contributed by atoms with Gasteiger partial charge in [0.1, 0.15) is 0 Å². The summed E-state index contributed by atoms with van der Waals surface area (Å²) in [6, 6.07) is 0. The maximum Gasteiger partial charge on any atom is -0.0412 e. The van der Waals surface area contributed by atoms with Crippen molar-refractivity contribution in [3.8, 4) is 0 Å². The fourth-order valence-electron chi connectivity index (χ4n) is 3.15. The molecule has 1 aliphatic rings. The van der Waals surface area contributed by atoms with Crippen molar-refractivity contribution in [1.29, 1.82) is 0 Å². The van der Waals surface area contributed by atoms with Crippen LogP contribution in [0, 0.1) is 17.8 Å². The van der Waals surface area contributed by atoms with E-state index in [1.807, 2.05) is 0 Å². The Hall–Kier alpha value is 0. The highest BCUT2D eigenvalue weighted by atomic mass is 14.2. The molecular formula is C15H30. The van der Waals surface area contributed by atoms with Gasteiger partial charge in [-0.1, -0.05) is 72.1 Å². The molecule has 0 spiro atoms. The van der Waals surface area contributed by atoms with Crippen molar-refractivity contribution < 1.29 is 0 Å². The van der Waals surface area contributed by atoms with E-state index >= 15 is 0 Å². The van der Waals surface area contributed by atoms with Gasteiger partial charge < -0.3 is 0 Å². The number of rotatable bonds is 4. The van der Waals surface area contributed by atoms with Gasteiger partial charge in [0.25, 0.3) is 0 Å². The zero-order valence-corrected chi connectivity index (χ0v) is 11.1. The second-order valence-electron chi connectivity index (χ2n) is 5.96. The Morgan fingerprint density at radius 3 is 2.53 bits per heavy atom. The van der Waals surface area contributed by atoms with Gasteiger partial charge in [-0.05, 0) is 24.2 Å². The minimum atomic E-state index is 0.967. The molecule has 0 saturated heterocycles. The second-order valence-corrected chi connectivity index (χ2v) is 5.96. The first-order valence-electron chi connectivity index (χ1n) is 7.22. The molecule has 3 atom stereocenters. The molecule has 15 heavy (non-hydrogen) atoms. The largest absolute Gasteiger partial charge is 0.0654 e. The zero-order valence-electron chi connectivity index (χ0n) is 11.1. The van der Waals surface area contributed by atoms with Crippen LogP contribution in [0.4, 0.5) is 0 Å². The summed E-state index contributed by atoms with van der Waals surface area (Å²) in [4.78, 5) is 0. The lowest BCUT2D eigenvalue weighted by atomic mass is 9.81. The van der Waals surface area contributed by atoms with Gasteiger partial charge >= 0.3 is 0 Å². The molecule has 90 valence electrons. The lowest BCUT2D eigenvalue weighted by Gasteiger charge is -2.25. The van der Waals surface area contributed by atoms with Crippen molar-refractivity contribution in [2.45, 2.75) is 78.6 Å². The summed E-state index contributed by atoms with van der Waals surface area (Å²) >= 11 is 0. The predicted octanol–water partition coefficient (Wildman–Crippen LogP) is 5.42. The van der Waals surface area contributed by atoms with Crippen LogP contribution in [-0.2, 0) is 0 Å². The Morgan fingerprint density at radius 1 is 1.07 bits per heavy atom. The minimum absolute atomic E-state index is 0.967. The molecule has 3 unspecified atom stereocenters. The Balaban J connectivity index is 2.26. The van der Waals surface area contributed by atoms with Gasteiger partial charge in [-0.25, -0.2) is 0 Å². The highest BCUT2D eigenvalue weighted by molar-refractivity contribution is 4.69. The predicted molar refractivity (Wildman–Crippen MR) is 69.0 cm³/mol. The van der Waals surface area contributed by atoms with E-state index in [0.29, 0.717) is 0 Å². The summed E-state index contributed by atoms with van der Waals surface area (Å²) in [6.07, 6.45) is 13.3. The molecule has 0 amide bonds. The zero-order chi connectivity index (χ0) is 11.1. The molecule has 0 bridgehead atoms. The molecule has 0 nitrogen and oxygen atoms in total. The lowest BCUT2D eigenvalue weighted by molar-refractivity contribution is 0.277. The molecule has 0 aliphatic heterocycles. The van der Waals surface area contributed by atoms with Crippen molar-refractivity contribution in [3.05, 3.63) is 0 Å². The summed E-state index contributed by atoms with van der Waals surface area (Å²) in [5, 5.41) is 0. The van der Waals surface area contributed by atoms with Gasteiger partial charge in [0.05, 0.1) is 0 Å². The molecule has 0 aromatic heterocycles. The van der Waals surface area contributed by atoms with Crippen LogP contribution in [-0.4, -0.2) is 0 Å². The van der Waals surface area contributed by atoms with E-state index in [2.05, 4.69) is 20.8 Å².